The van der Waals surface area contributed by atoms with E-state index in [1.165, 1.54) is 12.8 Å². The Morgan fingerprint density at radius 2 is 2.25 bits per heavy atom. The summed E-state index contributed by atoms with van der Waals surface area (Å²) < 4.78 is 19.9. The normalized spacial score (nSPS) is 23.1. The molecule has 0 amide bonds. The quantitative estimate of drug-likeness (QED) is 0.896. The van der Waals surface area contributed by atoms with E-state index >= 15 is 0 Å². The average Bonchev–Trinajstić information content (AvgIpc) is 3.29. The number of ether oxygens (including phenoxy) is 1. The summed E-state index contributed by atoms with van der Waals surface area (Å²) in [5, 5.41) is 3.42. The minimum absolute atomic E-state index is 0.114. The van der Waals surface area contributed by atoms with Crippen LogP contribution >= 0.6 is 0 Å². The van der Waals surface area contributed by atoms with Crippen LogP contribution in [0.1, 0.15) is 31.7 Å². The molecule has 2 aliphatic rings. The van der Waals surface area contributed by atoms with Crippen LogP contribution in [0.4, 0.5) is 10.1 Å². The second-order valence-corrected chi connectivity index (χ2v) is 5.79. The fourth-order valence-electron chi connectivity index (χ4n) is 2.65. The van der Waals surface area contributed by atoms with Gasteiger partial charge in [-0.1, -0.05) is 13.0 Å². The second kappa shape index (κ2) is 6.10. The molecule has 1 saturated carbocycles. The van der Waals surface area contributed by atoms with Crippen LogP contribution in [0, 0.1) is 5.82 Å². The van der Waals surface area contributed by atoms with E-state index in [0.29, 0.717) is 18.3 Å². The molecule has 3 nitrogen and oxygen atoms in total. The Bertz CT molecular complexity index is 462. The second-order valence-electron chi connectivity index (χ2n) is 5.79. The maximum Gasteiger partial charge on any atom is 0.146 e. The van der Waals surface area contributed by atoms with Crippen LogP contribution in [0.3, 0.4) is 0 Å². The van der Waals surface area contributed by atoms with Gasteiger partial charge in [0.05, 0.1) is 18.4 Å². The summed E-state index contributed by atoms with van der Waals surface area (Å²) in [6.07, 6.45) is 3.71. The van der Waals surface area contributed by atoms with Gasteiger partial charge < -0.3 is 15.0 Å². The summed E-state index contributed by atoms with van der Waals surface area (Å²) in [4.78, 5) is 2.10. The van der Waals surface area contributed by atoms with E-state index in [4.69, 9.17) is 4.74 Å². The molecule has 3 rings (SSSR count). The fourth-order valence-corrected chi connectivity index (χ4v) is 2.65. The highest BCUT2D eigenvalue weighted by molar-refractivity contribution is 5.49. The molecule has 0 aromatic heterocycles. The van der Waals surface area contributed by atoms with Gasteiger partial charge in [0, 0.05) is 25.7 Å². The first-order valence-electron chi connectivity index (χ1n) is 7.64. The third kappa shape index (κ3) is 3.30. The van der Waals surface area contributed by atoms with Gasteiger partial charge in [-0.3, -0.25) is 0 Å². The number of hydrogen-bond acceptors (Lipinski definition) is 3. The number of halogens is 1. The predicted octanol–water partition coefficient (Wildman–Crippen LogP) is 2.69. The number of nitrogens with zero attached hydrogens (tertiary/aromatic N) is 1. The molecule has 1 aromatic carbocycles. The number of morpholine rings is 1. The van der Waals surface area contributed by atoms with Crippen LogP contribution in [0.2, 0.25) is 0 Å². The summed E-state index contributed by atoms with van der Waals surface area (Å²) in [5.74, 6) is -0.114. The summed E-state index contributed by atoms with van der Waals surface area (Å²) >= 11 is 0. The zero-order valence-electron chi connectivity index (χ0n) is 12.1. The standard InChI is InChI=1S/C16H23FN2O/c1-2-14-11-19(7-8-20-14)16-6-3-12(9-15(16)17)10-18-13-4-5-13/h3,6,9,13-14,18H,2,4-5,7-8,10-11H2,1H3. The lowest BCUT2D eigenvalue weighted by atomic mass is 10.1. The summed E-state index contributed by atoms with van der Waals surface area (Å²) in [5.41, 5.74) is 1.74. The van der Waals surface area contributed by atoms with Crippen LogP contribution in [-0.2, 0) is 11.3 Å². The zero-order valence-corrected chi connectivity index (χ0v) is 12.1. The molecule has 110 valence electrons. The molecular weight excluding hydrogens is 255 g/mol. The first-order valence-corrected chi connectivity index (χ1v) is 7.64. The van der Waals surface area contributed by atoms with Gasteiger partial charge in [-0.2, -0.15) is 0 Å². The van der Waals surface area contributed by atoms with Gasteiger partial charge in [0.1, 0.15) is 5.82 Å². The summed E-state index contributed by atoms with van der Waals surface area (Å²) in [6, 6.07) is 6.27. The van der Waals surface area contributed by atoms with E-state index in [-0.39, 0.29) is 11.9 Å². The van der Waals surface area contributed by atoms with Crippen LogP contribution in [0.5, 0.6) is 0 Å². The van der Waals surface area contributed by atoms with Gasteiger partial charge in [-0.15, -0.1) is 0 Å². The van der Waals surface area contributed by atoms with Gasteiger partial charge in [-0.05, 0) is 37.0 Å². The van der Waals surface area contributed by atoms with Gasteiger partial charge in [0.25, 0.3) is 0 Å². The van der Waals surface area contributed by atoms with Gasteiger partial charge >= 0.3 is 0 Å². The highest BCUT2D eigenvalue weighted by atomic mass is 19.1. The van der Waals surface area contributed by atoms with E-state index in [1.54, 1.807) is 6.07 Å². The zero-order chi connectivity index (χ0) is 13.9. The largest absolute Gasteiger partial charge is 0.375 e. The third-order valence-electron chi connectivity index (χ3n) is 4.12. The Labute approximate surface area is 120 Å². The highest BCUT2D eigenvalue weighted by Crippen LogP contribution is 2.24. The molecule has 4 heteroatoms. The SMILES string of the molecule is CCC1CN(c2ccc(CNC3CC3)cc2F)CCO1. The van der Waals surface area contributed by atoms with Gasteiger partial charge in [0.15, 0.2) is 0 Å². The van der Waals surface area contributed by atoms with Gasteiger partial charge in [0.2, 0.25) is 0 Å². The van der Waals surface area contributed by atoms with Crippen molar-refractivity contribution in [3.8, 4) is 0 Å². The fraction of sp³-hybridized carbons (Fsp3) is 0.625. The number of benzene rings is 1. The van der Waals surface area contributed by atoms with Crippen molar-refractivity contribution in [1.82, 2.24) is 5.32 Å². The van der Waals surface area contributed by atoms with E-state index in [2.05, 4.69) is 17.1 Å². The van der Waals surface area contributed by atoms with Crippen molar-refractivity contribution in [1.29, 1.82) is 0 Å². The lowest BCUT2D eigenvalue weighted by molar-refractivity contribution is 0.0382. The van der Waals surface area contributed by atoms with Crippen molar-refractivity contribution in [3.05, 3.63) is 29.6 Å². The number of nitrogens with one attached hydrogen (secondary N) is 1. The molecule has 2 fully saturated rings. The molecule has 1 N–H and O–H groups in total. The monoisotopic (exact) mass is 278 g/mol. The molecule has 1 heterocycles. The predicted molar refractivity (Wildman–Crippen MR) is 78.5 cm³/mol. The molecule has 1 saturated heterocycles. The lowest BCUT2D eigenvalue weighted by Gasteiger charge is -2.34. The van der Waals surface area contributed by atoms with Crippen molar-refractivity contribution >= 4 is 5.69 Å². The van der Waals surface area contributed by atoms with Crippen molar-refractivity contribution in [2.75, 3.05) is 24.6 Å². The smallest absolute Gasteiger partial charge is 0.146 e. The van der Waals surface area contributed by atoms with Crippen LogP contribution in [-0.4, -0.2) is 31.8 Å². The topological polar surface area (TPSA) is 24.5 Å². The third-order valence-corrected chi connectivity index (χ3v) is 4.12. The molecule has 1 aliphatic heterocycles. The Balaban J connectivity index is 1.66. The molecule has 1 aromatic rings. The molecular formula is C16H23FN2O. The Morgan fingerprint density at radius 1 is 1.40 bits per heavy atom. The number of rotatable bonds is 5. The molecule has 0 radical (unpaired) electrons. The number of anilines is 1. The van der Waals surface area contributed by atoms with Gasteiger partial charge in [-0.25, -0.2) is 4.39 Å². The Morgan fingerprint density at radius 3 is 2.95 bits per heavy atom. The van der Waals surface area contributed by atoms with Crippen LogP contribution < -0.4 is 10.2 Å². The van der Waals surface area contributed by atoms with Crippen LogP contribution in [0.25, 0.3) is 0 Å². The van der Waals surface area contributed by atoms with Crippen molar-refractivity contribution in [3.63, 3.8) is 0 Å². The van der Waals surface area contributed by atoms with Crippen molar-refractivity contribution in [2.24, 2.45) is 0 Å². The minimum atomic E-state index is -0.114. The van der Waals surface area contributed by atoms with Crippen molar-refractivity contribution < 1.29 is 9.13 Å². The Kier molecular flexibility index (Phi) is 4.22. The lowest BCUT2D eigenvalue weighted by Crippen LogP contribution is -2.42. The Hall–Kier alpha value is -1.13. The molecule has 1 aliphatic carbocycles. The van der Waals surface area contributed by atoms with E-state index in [0.717, 1.165) is 31.6 Å². The summed E-state index contributed by atoms with van der Waals surface area (Å²) in [7, 11) is 0. The molecule has 1 atom stereocenters. The molecule has 20 heavy (non-hydrogen) atoms. The van der Waals surface area contributed by atoms with E-state index < -0.39 is 0 Å². The van der Waals surface area contributed by atoms with Crippen LogP contribution in [0.15, 0.2) is 18.2 Å². The maximum atomic E-state index is 14.3. The number of hydrogen-bond donors (Lipinski definition) is 1. The highest BCUT2D eigenvalue weighted by Gasteiger charge is 2.22. The first kappa shape index (κ1) is 13.8. The molecule has 0 spiro atoms. The van der Waals surface area contributed by atoms with E-state index in [9.17, 15) is 4.39 Å². The minimum Gasteiger partial charge on any atom is -0.375 e. The first-order chi connectivity index (χ1) is 9.76. The van der Waals surface area contributed by atoms with E-state index in [1.807, 2.05) is 12.1 Å². The average molecular weight is 278 g/mol. The summed E-state index contributed by atoms with van der Waals surface area (Å²) in [6.45, 7) is 5.11. The maximum absolute atomic E-state index is 14.3. The molecule has 0 bridgehead atoms. The van der Waals surface area contributed by atoms with Crippen molar-refractivity contribution in [2.45, 2.75) is 44.9 Å². The molecule has 1 unspecified atom stereocenters.